The summed E-state index contributed by atoms with van der Waals surface area (Å²) in [6.07, 6.45) is 6.48. The molecule has 1 aromatic heterocycles. The highest BCUT2D eigenvalue weighted by Crippen LogP contribution is 2.41. The smallest absolute Gasteiger partial charge is 0.381 e. The number of fused-ring (bicyclic) bond motifs is 1. The lowest BCUT2D eigenvalue weighted by atomic mass is 9.80. The van der Waals surface area contributed by atoms with Gasteiger partial charge in [0.15, 0.2) is 5.82 Å². The fourth-order valence-electron chi connectivity index (χ4n) is 5.50. The molecule has 2 saturated carbocycles. The summed E-state index contributed by atoms with van der Waals surface area (Å²) in [4.78, 5) is 0. The van der Waals surface area contributed by atoms with E-state index in [1.54, 1.807) is 7.11 Å². The summed E-state index contributed by atoms with van der Waals surface area (Å²) in [6, 6.07) is -0.168. The van der Waals surface area contributed by atoms with Gasteiger partial charge in [-0.3, -0.25) is 0 Å². The van der Waals surface area contributed by atoms with Gasteiger partial charge in [-0.1, -0.05) is 6.42 Å². The molecule has 162 valence electrons. The lowest BCUT2D eigenvalue weighted by Gasteiger charge is -2.33. The van der Waals surface area contributed by atoms with Crippen molar-refractivity contribution in [2.75, 3.05) is 12.4 Å². The zero-order valence-electron chi connectivity index (χ0n) is 17.2. The van der Waals surface area contributed by atoms with Crippen molar-refractivity contribution in [1.82, 2.24) is 10.2 Å². The number of rotatable bonds is 4. The fraction of sp³-hybridized carbons (Fsp3) is 0.818. The van der Waals surface area contributed by atoms with Gasteiger partial charge in [0.2, 0.25) is 0 Å². The number of ether oxygens (including phenoxy) is 1. The molecule has 0 bridgehead atoms. The Morgan fingerprint density at radius 2 is 1.62 bits per heavy atom. The average molecular weight is 412 g/mol. The van der Waals surface area contributed by atoms with Crippen LogP contribution in [-0.2, 0) is 17.6 Å². The Kier molecular flexibility index (Phi) is 6.32. The Morgan fingerprint density at radius 3 is 2.31 bits per heavy atom. The second kappa shape index (κ2) is 8.78. The van der Waals surface area contributed by atoms with E-state index in [0.717, 1.165) is 69.3 Å². The first kappa shape index (κ1) is 20.9. The summed E-state index contributed by atoms with van der Waals surface area (Å²) < 4.78 is 45.0. The van der Waals surface area contributed by atoms with Gasteiger partial charge in [-0.25, -0.2) is 0 Å². The molecule has 0 aromatic carbocycles. The van der Waals surface area contributed by atoms with Crippen molar-refractivity contribution in [2.24, 2.45) is 5.92 Å². The molecule has 0 saturated heterocycles. The molecular weight excluding hydrogens is 379 g/mol. The lowest BCUT2D eigenvalue weighted by Crippen LogP contribution is -2.35. The van der Waals surface area contributed by atoms with Crippen molar-refractivity contribution in [3.8, 4) is 0 Å². The second-order valence-corrected chi connectivity index (χ2v) is 9.05. The van der Waals surface area contributed by atoms with E-state index in [9.17, 15) is 13.2 Å². The second-order valence-electron chi connectivity index (χ2n) is 9.05. The van der Waals surface area contributed by atoms with E-state index >= 15 is 0 Å². The first-order valence-corrected chi connectivity index (χ1v) is 11.2. The molecule has 2 unspecified atom stereocenters. The molecule has 2 atom stereocenters. The van der Waals surface area contributed by atoms with Gasteiger partial charge in [0.1, 0.15) is 0 Å². The quantitative estimate of drug-likeness (QED) is 0.705. The third-order valence-corrected chi connectivity index (χ3v) is 7.19. The van der Waals surface area contributed by atoms with E-state index in [2.05, 4.69) is 15.5 Å². The summed E-state index contributed by atoms with van der Waals surface area (Å²) >= 11 is 0. The summed E-state index contributed by atoms with van der Waals surface area (Å²) in [7, 11) is 1.78. The third-order valence-electron chi connectivity index (χ3n) is 7.19. The number of nitrogens with one attached hydrogen (secondary N) is 1. The molecule has 7 heteroatoms. The number of halogens is 3. The van der Waals surface area contributed by atoms with Crippen LogP contribution in [0.2, 0.25) is 0 Å². The molecule has 29 heavy (non-hydrogen) atoms. The van der Waals surface area contributed by atoms with E-state index < -0.39 is 12.1 Å². The highest BCUT2D eigenvalue weighted by molar-refractivity contribution is 5.51. The predicted molar refractivity (Wildman–Crippen MR) is 106 cm³/mol. The first-order chi connectivity index (χ1) is 14.0. The average Bonchev–Trinajstić information content (AvgIpc) is 2.74. The first-order valence-electron chi connectivity index (χ1n) is 11.2. The van der Waals surface area contributed by atoms with Gasteiger partial charge < -0.3 is 10.1 Å². The van der Waals surface area contributed by atoms with Gasteiger partial charge in [0.25, 0.3) is 0 Å². The van der Waals surface area contributed by atoms with E-state index in [4.69, 9.17) is 4.74 Å². The van der Waals surface area contributed by atoms with Gasteiger partial charge in [0, 0.05) is 24.6 Å². The largest absolute Gasteiger partial charge is 0.391 e. The highest BCUT2D eigenvalue weighted by Gasteiger charge is 2.42. The van der Waals surface area contributed by atoms with Crippen LogP contribution in [0.3, 0.4) is 0 Å². The van der Waals surface area contributed by atoms with Crippen molar-refractivity contribution in [3.05, 3.63) is 16.8 Å². The number of hydrogen-bond donors (Lipinski definition) is 1. The normalized spacial score (nSPS) is 30.6. The summed E-state index contributed by atoms with van der Waals surface area (Å²) in [6.45, 7) is 0. The van der Waals surface area contributed by atoms with Crippen LogP contribution in [0.5, 0.6) is 0 Å². The van der Waals surface area contributed by atoms with Crippen molar-refractivity contribution in [1.29, 1.82) is 0 Å². The van der Waals surface area contributed by atoms with Crippen LogP contribution < -0.4 is 5.32 Å². The highest BCUT2D eigenvalue weighted by atomic mass is 19.4. The van der Waals surface area contributed by atoms with Crippen LogP contribution in [0, 0.1) is 5.92 Å². The topological polar surface area (TPSA) is 47.0 Å². The van der Waals surface area contributed by atoms with E-state index in [1.165, 1.54) is 11.1 Å². The molecule has 0 radical (unpaired) electrons. The molecule has 4 rings (SSSR count). The Bertz CT molecular complexity index is 701. The van der Waals surface area contributed by atoms with Crippen LogP contribution >= 0.6 is 0 Å². The lowest BCUT2D eigenvalue weighted by molar-refractivity contribution is -0.182. The van der Waals surface area contributed by atoms with Gasteiger partial charge in [0.05, 0.1) is 17.7 Å². The minimum atomic E-state index is -4.10. The maximum absolute atomic E-state index is 13.2. The van der Waals surface area contributed by atoms with Crippen molar-refractivity contribution >= 4 is 5.82 Å². The Morgan fingerprint density at radius 1 is 0.897 bits per heavy atom. The van der Waals surface area contributed by atoms with Crippen molar-refractivity contribution in [3.63, 3.8) is 0 Å². The molecule has 4 nitrogen and oxygen atoms in total. The molecule has 0 aliphatic heterocycles. The fourth-order valence-corrected chi connectivity index (χ4v) is 5.50. The van der Waals surface area contributed by atoms with Gasteiger partial charge in [-0.05, 0) is 76.2 Å². The van der Waals surface area contributed by atoms with Crippen LogP contribution in [-0.4, -0.2) is 35.6 Å². The minimum Gasteiger partial charge on any atom is -0.381 e. The van der Waals surface area contributed by atoms with Crippen LogP contribution in [0.25, 0.3) is 0 Å². The van der Waals surface area contributed by atoms with E-state index in [0.29, 0.717) is 18.4 Å². The standard InChI is InChI=1S/C22H32F3N3O/c1-29-17-11-9-14(10-12-17)20-18-7-2-3-8-19(18)21(28-27-20)26-16-6-4-5-15(13-16)22(23,24)25/h14-17H,2-13H2,1H3,(H,26,28). The molecule has 3 aliphatic rings. The molecule has 1 aromatic rings. The number of alkyl halides is 3. The maximum Gasteiger partial charge on any atom is 0.391 e. The monoisotopic (exact) mass is 411 g/mol. The van der Waals surface area contributed by atoms with Gasteiger partial charge >= 0.3 is 6.18 Å². The summed E-state index contributed by atoms with van der Waals surface area (Å²) in [5, 5.41) is 12.5. The van der Waals surface area contributed by atoms with Gasteiger partial charge in [-0.2, -0.15) is 18.3 Å². The minimum absolute atomic E-state index is 0.142. The molecule has 1 N–H and O–H groups in total. The molecule has 3 aliphatic carbocycles. The van der Waals surface area contributed by atoms with Crippen LogP contribution in [0.15, 0.2) is 0 Å². The van der Waals surface area contributed by atoms with E-state index in [-0.39, 0.29) is 18.9 Å². The maximum atomic E-state index is 13.2. The number of hydrogen-bond acceptors (Lipinski definition) is 4. The molecule has 2 fully saturated rings. The SMILES string of the molecule is COC1CCC(c2nnc(NC3CCCC(C(F)(F)F)C3)c3c2CCCC3)CC1. The third kappa shape index (κ3) is 4.70. The van der Waals surface area contributed by atoms with E-state index in [1.807, 2.05) is 0 Å². The number of methoxy groups -OCH3 is 1. The Hall–Kier alpha value is -1.37. The molecular formula is C22H32F3N3O. The summed E-state index contributed by atoms with van der Waals surface area (Å²) in [5.74, 6) is -0.0336. The van der Waals surface area contributed by atoms with Gasteiger partial charge in [-0.15, -0.1) is 5.10 Å². The molecule has 0 spiro atoms. The van der Waals surface area contributed by atoms with Crippen LogP contribution in [0.1, 0.15) is 86.9 Å². The Balaban J connectivity index is 1.52. The van der Waals surface area contributed by atoms with Crippen LogP contribution in [0.4, 0.5) is 19.0 Å². The molecule has 0 amide bonds. The molecule has 1 heterocycles. The Labute approximate surface area is 171 Å². The number of aromatic nitrogens is 2. The number of anilines is 1. The summed E-state index contributed by atoms with van der Waals surface area (Å²) in [5.41, 5.74) is 3.67. The van der Waals surface area contributed by atoms with Crippen molar-refractivity contribution < 1.29 is 17.9 Å². The number of nitrogens with zero attached hydrogens (tertiary/aromatic N) is 2. The van der Waals surface area contributed by atoms with Crippen molar-refractivity contribution in [2.45, 2.75) is 101 Å². The zero-order chi connectivity index (χ0) is 20.4. The zero-order valence-corrected chi connectivity index (χ0v) is 17.2. The predicted octanol–water partition coefficient (Wildman–Crippen LogP) is 5.56.